The lowest BCUT2D eigenvalue weighted by atomic mass is 9.75. The molecule has 3 aliphatic rings. The van der Waals surface area contributed by atoms with Crippen molar-refractivity contribution in [3.05, 3.63) is 11.3 Å². The van der Waals surface area contributed by atoms with E-state index in [1.807, 2.05) is 0 Å². The highest BCUT2D eigenvalue weighted by molar-refractivity contribution is 5.97. The van der Waals surface area contributed by atoms with Crippen LogP contribution in [0.2, 0.25) is 0 Å². The van der Waals surface area contributed by atoms with Crippen molar-refractivity contribution in [2.24, 2.45) is 5.41 Å². The highest BCUT2D eigenvalue weighted by atomic mass is 16.1. The maximum absolute atomic E-state index is 12.9. The first kappa shape index (κ1) is 18.1. The summed E-state index contributed by atoms with van der Waals surface area (Å²) in [4.78, 5) is 15.4. The number of quaternary nitrogens is 1. The molecule has 2 heterocycles. The van der Waals surface area contributed by atoms with Crippen LogP contribution in [0.3, 0.4) is 0 Å². The summed E-state index contributed by atoms with van der Waals surface area (Å²) in [5.41, 5.74) is 4.94. The summed E-state index contributed by atoms with van der Waals surface area (Å²) in [6, 6.07) is 0. The number of likely N-dealkylation sites (tertiary alicyclic amines) is 1. The standard InChI is InChI=1S/C20H35N3O/c1-20(2)14-18(21-23-12-8-3-4-9-13-23)17(19(24)15-20)16-22-10-6-5-7-11-22/h21H,3-16H2,1-2H3/p+1. The number of piperidine rings is 1. The molecule has 0 atom stereocenters. The van der Waals surface area contributed by atoms with Gasteiger partial charge in [-0.2, -0.15) is 5.01 Å². The number of carbonyl (C=O) groups excluding carboxylic acids is 1. The zero-order valence-electron chi connectivity index (χ0n) is 15.8. The number of nitrogens with two attached hydrogens (primary N) is 1. The van der Waals surface area contributed by atoms with E-state index in [0.717, 1.165) is 44.7 Å². The van der Waals surface area contributed by atoms with Crippen molar-refractivity contribution in [1.29, 1.82) is 0 Å². The first-order chi connectivity index (χ1) is 11.5. The van der Waals surface area contributed by atoms with Crippen molar-refractivity contribution in [3.8, 4) is 0 Å². The van der Waals surface area contributed by atoms with E-state index in [1.54, 1.807) is 0 Å². The second-order valence-corrected chi connectivity index (χ2v) is 8.86. The molecule has 2 fully saturated rings. The average Bonchev–Trinajstić information content (AvgIpc) is 2.80. The van der Waals surface area contributed by atoms with E-state index in [1.165, 1.54) is 50.6 Å². The molecule has 0 aromatic rings. The normalized spacial score (nSPS) is 27.3. The Morgan fingerprint density at radius 3 is 2.12 bits per heavy atom. The van der Waals surface area contributed by atoms with E-state index in [4.69, 9.17) is 0 Å². The van der Waals surface area contributed by atoms with Gasteiger partial charge >= 0.3 is 0 Å². The number of ketones is 1. The lowest BCUT2D eigenvalue weighted by molar-refractivity contribution is -0.768. The second kappa shape index (κ2) is 8.11. The van der Waals surface area contributed by atoms with Gasteiger partial charge in [0, 0.05) is 32.5 Å². The Morgan fingerprint density at radius 2 is 1.46 bits per heavy atom. The van der Waals surface area contributed by atoms with Crippen LogP contribution in [-0.2, 0) is 4.79 Å². The Hall–Kier alpha value is -0.710. The SMILES string of the molecule is CC1(C)CC(=O)C(CN2CCCCC2)=C([NH2+]N2CCCCCC2)C1. The third kappa shape index (κ3) is 4.90. The highest BCUT2D eigenvalue weighted by Gasteiger charge is 2.36. The smallest absolute Gasteiger partial charge is 0.166 e. The van der Waals surface area contributed by atoms with Gasteiger partial charge in [0.25, 0.3) is 0 Å². The molecule has 2 saturated heterocycles. The Labute approximate surface area is 147 Å². The molecule has 136 valence electrons. The molecule has 0 bridgehead atoms. The van der Waals surface area contributed by atoms with Crippen LogP contribution in [0.25, 0.3) is 0 Å². The van der Waals surface area contributed by atoms with E-state index in [2.05, 4.69) is 29.2 Å². The van der Waals surface area contributed by atoms with Crippen LogP contribution in [-0.4, -0.2) is 48.4 Å². The molecule has 4 nitrogen and oxygen atoms in total. The monoisotopic (exact) mass is 334 g/mol. The van der Waals surface area contributed by atoms with Gasteiger partial charge in [0.15, 0.2) is 5.78 Å². The zero-order valence-corrected chi connectivity index (χ0v) is 15.8. The lowest BCUT2D eigenvalue weighted by Crippen LogP contribution is -2.93. The minimum Gasteiger partial charge on any atom is -0.299 e. The average molecular weight is 335 g/mol. The molecule has 2 N–H and O–H groups in total. The van der Waals surface area contributed by atoms with E-state index in [-0.39, 0.29) is 5.41 Å². The summed E-state index contributed by atoms with van der Waals surface area (Å²) in [6.07, 6.45) is 11.0. The van der Waals surface area contributed by atoms with E-state index in [0.29, 0.717) is 12.2 Å². The Kier molecular flexibility index (Phi) is 6.12. The summed E-state index contributed by atoms with van der Waals surface area (Å²) >= 11 is 0. The highest BCUT2D eigenvalue weighted by Crippen LogP contribution is 2.35. The molecule has 0 unspecified atom stereocenters. The quantitative estimate of drug-likeness (QED) is 0.803. The molecular weight excluding hydrogens is 298 g/mol. The number of Topliss-reactive ketones (excluding diaryl/α,β-unsaturated/α-hetero) is 1. The lowest BCUT2D eigenvalue weighted by Gasteiger charge is -2.34. The van der Waals surface area contributed by atoms with Crippen LogP contribution >= 0.6 is 0 Å². The van der Waals surface area contributed by atoms with Crippen molar-refractivity contribution in [2.75, 3.05) is 32.7 Å². The number of hydrogen-bond donors (Lipinski definition) is 1. The van der Waals surface area contributed by atoms with Gasteiger partial charge in [-0.1, -0.05) is 33.1 Å². The van der Waals surface area contributed by atoms with Crippen LogP contribution in [0.15, 0.2) is 11.3 Å². The first-order valence-corrected chi connectivity index (χ1v) is 10.1. The first-order valence-electron chi connectivity index (χ1n) is 10.1. The molecular formula is C20H36N3O+. The maximum Gasteiger partial charge on any atom is 0.166 e. The van der Waals surface area contributed by atoms with Gasteiger partial charge in [0.2, 0.25) is 0 Å². The number of rotatable bonds is 4. The topological polar surface area (TPSA) is 40.2 Å². The van der Waals surface area contributed by atoms with Crippen molar-refractivity contribution in [1.82, 2.24) is 9.91 Å². The predicted octanol–water partition coefficient (Wildman–Crippen LogP) is 2.47. The third-order valence-electron chi connectivity index (χ3n) is 5.84. The number of carbonyl (C=O) groups is 1. The fraction of sp³-hybridized carbons (Fsp3) is 0.850. The largest absolute Gasteiger partial charge is 0.299 e. The van der Waals surface area contributed by atoms with Crippen molar-refractivity contribution in [2.45, 2.75) is 71.6 Å². The van der Waals surface area contributed by atoms with Gasteiger partial charge in [-0.05, 0) is 44.2 Å². The van der Waals surface area contributed by atoms with Gasteiger partial charge in [0.1, 0.15) is 5.70 Å². The Balaban J connectivity index is 1.75. The van der Waals surface area contributed by atoms with Gasteiger partial charge in [-0.15, -0.1) is 0 Å². The third-order valence-corrected chi connectivity index (χ3v) is 5.84. The Morgan fingerprint density at radius 1 is 0.875 bits per heavy atom. The number of allylic oxidation sites excluding steroid dienone is 1. The molecule has 0 radical (unpaired) electrons. The molecule has 0 aromatic carbocycles. The summed E-state index contributed by atoms with van der Waals surface area (Å²) in [7, 11) is 0. The van der Waals surface area contributed by atoms with Gasteiger partial charge in [0.05, 0.1) is 5.57 Å². The maximum atomic E-state index is 12.9. The molecule has 24 heavy (non-hydrogen) atoms. The summed E-state index contributed by atoms with van der Waals surface area (Å²) in [6.45, 7) is 10.0. The summed E-state index contributed by atoms with van der Waals surface area (Å²) in [5.74, 6) is 0.401. The molecule has 0 aromatic heterocycles. The fourth-order valence-electron chi connectivity index (χ4n) is 4.50. The van der Waals surface area contributed by atoms with Gasteiger partial charge in [-0.25, -0.2) is 5.43 Å². The minimum atomic E-state index is 0.111. The molecule has 1 aliphatic carbocycles. The zero-order chi connectivity index (χ0) is 17.0. The second-order valence-electron chi connectivity index (χ2n) is 8.86. The van der Waals surface area contributed by atoms with Crippen molar-refractivity contribution in [3.63, 3.8) is 0 Å². The molecule has 0 spiro atoms. The van der Waals surface area contributed by atoms with Crippen LogP contribution in [0.5, 0.6) is 0 Å². The van der Waals surface area contributed by atoms with Crippen LogP contribution < -0.4 is 5.43 Å². The van der Waals surface area contributed by atoms with Gasteiger partial charge in [-0.3, -0.25) is 9.69 Å². The molecule has 3 rings (SSSR count). The summed E-state index contributed by atoms with van der Waals surface area (Å²) < 4.78 is 0. The fourth-order valence-corrected chi connectivity index (χ4v) is 4.50. The van der Waals surface area contributed by atoms with Crippen molar-refractivity contribution < 1.29 is 10.2 Å². The van der Waals surface area contributed by atoms with Crippen LogP contribution in [0, 0.1) is 5.41 Å². The van der Waals surface area contributed by atoms with Crippen LogP contribution in [0.4, 0.5) is 0 Å². The molecule has 2 aliphatic heterocycles. The minimum absolute atomic E-state index is 0.111. The Bertz CT molecular complexity index is 469. The number of hydrogen-bond acceptors (Lipinski definition) is 3. The molecule has 4 heteroatoms. The molecule has 0 saturated carbocycles. The van der Waals surface area contributed by atoms with E-state index < -0.39 is 0 Å². The summed E-state index contributed by atoms with van der Waals surface area (Å²) in [5, 5.41) is 2.49. The van der Waals surface area contributed by atoms with E-state index >= 15 is 0 Å². The van der Waals surface area contributed by atoms with Crippen molar-refractivity contribution >= 4 is 5.78 Å². The van der Waals surface area contributed by atoms with E-state index in [9.17, 15) is 4.79 Å². The predicted molar refractivity (Wildman–Crippen MR) is 97.3 cm³/mol. The van der Waals surface area contributed by atoms with Crippen LogP contribution in [0.1, 0.15) is 71.6 Å². The number of nitrogens with zero attached hydrogens (tertiary/aromatic N) is 2. The molecule has 0 amide bonds. The van der Waals surface area contributed by atoms with Gasteiger partial charge < -0.3 is 0 Å².